The van der Waals surface area contributed by atoms with Gasteiger partial charge in [0.05, 0.1) is 6.61 Å². The van der Waals surface area contributed by atoms with Gasteiger partial charge in [-0.1, -0.05) is 12.1 Å². The van der Waals surface area contributed by atoms with Gasteiger partial charge in [0.15, 0.2) is 5.03 Å². The van der Waals surface area contributed by atoms with Gasteiger partial charge in [0.1, 0.15) is 0 Å². The van der Waals surface area contributed by atoms with Gasteiger partial charge in [-0.15, -0.1) is 0 Å². The van der Waals surface area contributed by atoms with E-state index in [1.165, 1.54) is 23.6 Å². The largest absolute Gasteiger partial charge is 0.392 e. The van der Waals surface area contributed by atoms with Gasteiger partial charge in [0, 0.05) is 38.1 Å². The van der Waals surface area contributed by atoms with E-state index in [1.54, 1.807) is 12.3 Å². The average molecular weight is 307 g/mol. The number of aromatic nitrogens is 2. The molecule has 0 aliphatic rings. The van der Waals surface area contributed by atoms with Crippen LogP contribution in [-0.2, 0) is 23.1 Å². The molecule has 6 nitrogen and oxygen atoms in total. The standard InChI is InChI=1S/C14H17N3O3S/c1-17(9-7-13-4-2-3-8-15-13)21(19,20)14-6-5-12(11-18)10-16-14/h2-6,8,10,18H,7,9,11H2,1H3. The summed E-state index contributed by atoms with van der Waals surface area (Å²) in [4.78, 5) is 8.06. The maximum absolute atomic E-state index is 12.3. The van der Waals surface area contributed by atoms with Crippen LogP contribution in [0.25, 0.3) is 0 Å². The Balaban J connectivity index is 2.07. The molecule has 0 saturated heterocycles. The van der Waals surface area contributed by atoms with Crippen LogP contribution >= 0.6 is 0 Å². The number of rotatable bonds is 6. The number of sulfonamides is 1. The Morgan fingerprint density at radius 1 is 1.19 bits per heavy atom. The molecular weight excluding hydrogens is 290 g/mol. The number of hydrogen-bond donors (Lipinski definition) is 1. The molecule has 0 spiro atoms. The molecule has 112 valence electrons. The van der Waals surface area contributed by atoms with E-state index in [2.05, 4.69) is 9.97 Å². The first-order valence-electron chi connectivity index (χ1n) is 6.46. The summed E-state index contributed by atoms with van der Waals surface area (Å²) in [6.07, 6.45) is 3.57. The first kappa shape index (κ1) is 15.6. The molecule has 0 radical (unpaired) electrons. The summed E-state index contributed by atoms with van der Waals surface area (Å²) in [6, 6.07) is 8.49. The lowest BCUT2D eigenvalue weighted by atomic mass is 10.3. The molecule has 2 aromatic rings. The monoisotopic (exact) mass is 307 g/mol. The molecule has 0 aromatic carbocycles. The molecule has 2 aromatic heterocycles. The molecule has 0 unspecified atom stereocenters. The SMILES string of the molecule is CN(CCc1ccccn1)S(=O)(=O)c1ccc(CO)cn1. The van der Waals surface area contributed by atoms with Crippen molar-refractivity contribution in [3.63, 3.8) is 0 Å². The molecule has 0 saturated carbocycles. The summed E-state index contributed by atoms with van der Waals surface area (Å²) in [7, 11) is -2.11. The third kappa shape index (κ3) is 3.84. The summed E-state index contributed by atoms with van der Waals surface area (Å²) in [5.74, 6) is 0. The Kier molecular flexibility index (Phi) is 5.00. The van der Waals surface area contributed by atoms with E-state index in [-0.39, 0.29) is 11.6 Å². The Labute approximate surface area is 124 Å². The summed E-state index contributed by atoms with van der Waals surface area (Å²) >= 11 is 0. The van der Waals surface area contributed by atoms with Crippen LogP contribution in [0.2, 0.25) is 0 Å². The van der Waals surface area contributed by atoms with Crippen LogP contribution in [0, 0.1) is 0 Å². The van der Waals surface area contributed by atoms with Crippen LogP contribution in [0.3, 0.4) is 0 Å². The minimum Gasteiger partial charge on any atom is -0.392 e. The van der Waals surface area contributed by atoms with Crippen LogP contribution < -0.4 is 0 Å². The summed E-state index contributed by atoms with van der Waals surface area (Å²) < 4.78 is 25.9. The fraction of sp³-hybridized carbons (Fsp3) is 0.286. The van der Waals surface area contributed by atoms with E-state index in [1.807, 2.05) is 18.2 Å². The van der Waals surface area contributed by atoms with E-state index >= 15 is 0 Å². The molecule has 0 atom stereocenters. The first-order valence-corrected chi connectivity index (χ1v) is 7.90. The van der Waals surface area contributed by atoms with Crippen molar-refractivity contribution in [2.45, 2.75) is 18.1 Å². The van der Waals surface area contributed by atoms with Gasteiger partial charge in [-0.3, -0.25) is 4.98 Å². The van der Waals surface area contributed by atoms with E-state index < -0.39 is 10.0 Å². The smallest absolute Gasteiger partial charge is 0.260 e. The summed E-state index contributed by atoms with van der Waals surface area (Å²) in [5.41, 5.74) is 1.41. The van der Waals surface area contributed by atoms with Crippen molar-refractivity contribution in [1.82, 2.24) is 14.3 Å². The third-order valence-electron chi connectivity index (χ3n) is 3.06. The van der Waals surface area contributed by atoms with E-state index in [0.717, 1.165) is 5.69 Å². The lowest BCUT2D eigenvalue weighted by Gasteiger charge is -2.16. The second-order valence-corrected chi connectivity index (χ2v) is 6.55. The number of aliphatic hydroxyl groups excluding tert-OH is 1. The Bertz CT molecular complexity index is 672. The quantitative estimate of drug-likeness (QED) is 0.854. The molecule has 2 heterocycles. The van der Waals surface area contributed by atoms with Crippen molar-refractivity contribution in [2.75, 3.05) is 13.6 Å². The fourth-order valence-electron chi connectivity index (χ4n) is 1.75. The molecule has 0 aliphatic heterocycles. The highest BCUT2D eigenvalue weighted by Gasteiger charge is 2.21. The molecule has 7 heteroatoms. The van der Waals surface area contributed by atoms with Gasteiger partial charge >= 0.3 is 0 Å². The summed E-state index contributed by atoms with van der Waals surface area (Å²) in [5, 5.41) is 8.92. The number of likely N-dealkylation sites (N-methyl/N-ethyl adjacent to an activating group) is 1. The number of nitrogens with zero attached hydrogens (tertiary/aromatic N) is 3. The van der Waals surface area contributed by atoms with Crippen molar-refractivity contribution >= 4 is 10.0 Å². The van der Waals surface area contributed by atoms with Gasteiger partial charge < -0.3 is 5.11 Å². The molecule has 0 fully saturated rings. The fourth-order valence-corrected chi connectivity index (χ4v) is 2.83. The lowest BCUT2D eigenvalue weighted by Crippen LogP contribution is -2.29. The van der Waals surface area contributed by atoms with Crippen molar-refractivity contribution in [3.8, 4) is 0 Å². The van der Waals surface area contributed by atoms with E-state index in [9.17, 15) is 8.42 Å². The highest BCUT2D eigenvalue weighted by Crippen LogP contribution is 2.12. The van der Waals surface area contributed by atoms with Gasteiger partial charge in [-0.25, -0.2) is 13.4 Å². The highest BCUT2D eigenvalue weighted by atomic mass is 32.2. The lowest BCUT2D eigenvalue weighted by molar-refractivity contribution is 0.281. The van der Waals surface area contributed by atoms with Crippen LogP contribution in [-0.4, -0.2) is 41.4 Å². The first-order chi connectivity index (χ1) is 10.0. The van der Waals surface area contributed by atoms with Crippen molar-refractivity contribution in [2.24, 2.45) is 0 Å². The Morgan fingerprint density at radius 2 is 2.00 bits per heavy atom. The van der Waals surface area contributed by atoms with E-state index in [4.69, 9.17) is 5.11 Å². The number of hydrogen-bond acceptors (Lipinski definition) is 5. The Hall–Kier alpha value is -1.83. The van der Waals surface area contributed by atoms with Gasteiger partial charge in [0.25, 0.3) is 10.0 Å². The highest BCUT2D eigenvalue weighted by molar-refractivity contribution is 7.89. The third-order valence-corrected chi connectivity index (χ3v) is 4.84. The zero-order valence-electron chi connectivity index (χ0n) is 11.7. The van der Waals surface area contributed by atoms with Crippen LogP contribution in [0.5, 0.6) is 0 Å². The molecule has 0 aliphatic carbocycles. The van der Waals surface area contributed by atoms with Crippen molar-refractivity contribution < 1.29 is 13.5 Å². The molecular formula is C14H17N3O3S. The zero-order chi connectivity index (χ0) is 15.3. The van der Waals surface area contributed by atoms with Crippen molar-refractivity contribution in [3.05, 3.63) is 54.0 Å². The maximum Gasteiger partial charge on any atom is 0.260 e. The zero-order valence-corrected chi connectivity index (χ0v) is 12.5. The minimum atomic E-state index is -3.62. The minimum absolute atomic E-state index is 0.0248. The normalized spacial score (nSPS) is 11.8. The van der Waals surface area contributed by atoms with Gasteiger partial charge in [-0.05, 0) is 23.8 Å². The molecule has 1 N–H and O–H groups in total. The predicted octanol–water partition coefficient (Wildman–Crippen LogP) is 0.832. The molecule has 0 bridgehead atoms. The molecule has 21 heavy (non-hydrogen) atoms. The maximum atomic E-state index is 12.3. The topological polar surface area (TPSA) is 83.4 Å². The van der Waals surface area contributed by atoms with Crippen molar-refractivity contribution in [1.29, 1.82) is 0 Å². The van der Waals surface area contributed by atoms with Crippen LogP contribution in [0.1, 0.15) is 11.3 Å². The van der Waals surface area contributed by atoms with Gasteiger partial charge in [-0.2, -0.15) is 4.31 Å². The second-order valence-electron chi connectivity index (χ2n) is 4.56. The number of aliphatic hydroxyl groups is 1. The predicted molar refractivity (Wildman–Crippen MR) is 77.9 cm³/mol. The Morgan fingerprint density at radius 3 is 2.57 bits per heavy atom. The van der Waals surface area contributed by atoms with E-state index in [0.29, 0.717) is 18.5 Å². The van der Waals surface area contributed by atoms with Crippen LogP contribution in [0.4, 0.5) is 0 Å². The summed E-state index contributed by atoms with van der Waals surface area (Å²) in [6.45, 7) is 0.158. The number of pyridine rings is 2. The molecule has 0 amide bonds. The van der Waals surface area contributed by atoms with Crippen LogP contribution in [0.15, 0.2) is 47.8 Å². The second kappa shape index (κ2) is 6.75. The van der Waals surface area contributed by atoms with Gasteiger partial charge in [0.2, 0.25) is 0 Å². The average Bonchev–Trinajstić information content (AvgIpc) is 2.53. The molecule has 2 rings (SSSR count).